The zero-order chi connectivity index (χ0) is 19.1. The molecule has 2 aliphatic rings. The molecule has 0 amide bonds. The van der Waals surface area contributed by atoms with Crippen molar-refractivity contribution in [2.75, 3.05) is 0 Å². The normalized spacial score (nSPS) is 19.9. The molecule has 1 unspecified atom stereocenters. The van der Waals surface area contributed by atoms with Crippen molar-refractivity contribution in [3.63, 3.8) is 0 Å². The number of fused-ring (bicyclic) bond motifs is 3. The van der Waals surface area contributed by atoms with Crippen LogP contribution in [0.5, 0.6) is 0 Å². The number of benzene rings is 1. The summed E-state index contributed by atoms with van der Waals surface area (Å²) in [6.07, 6.45) is 11.7. The van der Waals surface area contributed by atoms with Crippen molar-refractivity contribution >= 4 is 0 Å². The minimum Gasteiger partial charge on any atom is -0.307 e. The van der Waals surface area contributed by atoms with E-state index in [-0.39, 0.29) is 0 Å². The minimum atomic E-state index is 0.343. The minimum absolute atomic E-state index is 0.343. The van der Waals surface area contributed by atoms with Crippen molar-refractivity contribution in [2.24, 2.45) is 7.05 Å². The molecule has 5 rings (SSSR count). The number of aryl methyl sites for hydroxylation is 3. The van der Waals surface area contributed by atoms with E-state index in [9.17, 15) is 0 Å². The lowest BCUT2D eigenvalue weighted by Crippen LogP contribution is -2.34. The predicted octanol–water partition coefficient (Wildman–Crippen LogP) is 4.02. The SMILES string of the molecule is Cc1nnn2c1-c1ccc(-c3cnn(C)c3)cc1C(NC1CCCCC1)CC2. The highest BCUT2D eigenvalue weighted by molar-refractivity contribution is 5.73. The van der Waals surface area contributed by atoms with Gasteiger partial charge in [0.05, 0.1) is 17.6 Å². The molecule has 1 fully saturated rings. The van der Waals surface area contributed by atoms with Gasteiger partial charge in [0.2, 0.25) is 0 Å². The van der Waals surface area contributed by atoms with Gasteiger partial charge >= 0.3 is 0 Å². The number of nitrogens with zero attached hydrogens (tertiary/aromatic N) is 5. The maximum atomic E-state index is 4.41. The van der Waals surface area contributed by atoms with Crippen LogP contribution in [0, 0.1) is 6.92 Å². The highest BCUT2D eigenvalue weighted by Crippen LogP contribution is 2.38. The van der Waals surface area contributed by atoms with Crippen LogP contribution in [0.25, 0.3) is 22.4 Å². The third-order valence-electron chi connectivity index (χ3n) is 6.30. The molecule has 28 heavy (non-hydrogen) atoms. The van der Waals surface area contributed by atoms with Crippen molar-refractivity contribution < 1.29 is 0 Å². The smallest absolute Gasteiger partial charge is 0.0918 e. The predicted molar refractivity (Wildman–Crippen MR) is 110 cm³/mol. The highest BCUT2D eigenvalue weighted by atomic mass is 15.4. The van der Waals surface area contributed by atoms with Crippen LogP contribution in [-0.4, -0.2) is 30.8 Å². The Balaban J connectivity index is 1.58. The second-order valence-electron chi connectivity index (χ2n) is 8.29. The molecular formula is C22H28N6. The molecule has 1 N–H and O–H groups in total. The van der Waals surface area contributed by atoms with Gasteiger partial charge in [0.1, 0.15) is 0 Å². The first-order valence-electron chi connectivity index (χ1n) is 10.5. The van der Waals surface area contributed by atoms with Crippen LogP contribution in [0.3, 0.4) is 0 Å². The zero-order valence-electron chi connectivity index (χ0n) is 16.7. The number of hydrogen-bond donors (Lipinski definition) is 1. The number of rotatable bonds is 3. The van der Waals surface area contributed by atoms with E-state index in [2.05, 4.69) is 56.7 Å². The van der Waals surface area contributed by atoms with Crippen LogP contribution < -0.4 is 5.32 Å². The quantitative estimate of drug-likeness (QED) is 0.750. The lowest BCUT2D eigenvalue weighted by atomic mass is 9.90. The van der Waals surface area contributed by atoms with E-state index >= 15 is 0 Å². The molecule has 1 aliphatic carbocycles. The molecule has 3 aromatic rings. The monoisotopic (exact) mass is 376 g/mol. The fourth-order valence-electron chi connectivity index (χ4n) is 4.84. The van der Waals surface area contributed by atoms with Gasteiger partial charge in [0, 0.05) is 43.0 Å². The topological polar surface area (TPSA) is 60.6 Å². The summed E-state index contributed by atoms with van der Waals surface area (Å²) >= 11 is 0. The molecule has 1 saturated carbocycles. The fraction of sp³-hybridized carbons (Fsp3) is 0.500. The summed E-state index contributed by atoms with van der Waals surface area (Å²) in [7, 11) is 1.97. The van der Waals surface area contributed by atoms with Gasteiger partial charge in [0.15, 0.2) is 0 Å². The maximum absolute atomic E-state index is 4.41. The number of aromatic nitrogens is 5. The third-order valence-corrected chi connectivity index (χ3v) is 6.30. The van der Waals surface area contributed by atoms with Gasteiger partial charge in [0.25, 0.3) is 0 Å². The Bertz CT molecular complexity index is 979. The average Bonchev–Trinajstić information content (AvgIpc) is 3.27. The molecular weight excluding hydrogens is 348 g/mol. The third kappa shape index (κ3) is 3.15. The summed E-state index contributed by atoms with van der Waals surface area (Å²) in [5, 5.41) is 17.1. The molecule has 146 valence electrons. The lowest BCUT2D eigenvalue weighted by Gasteiger charge is -2.29. The van der Waals surface area contributed by atoms with Gasteiger partial charge in [-0.1, -0.05) is 36.6 Å². The Morgan fingerprint density at radius 2 is 1.93 bits per heavy atom. The van der Waals surface area contributed by atoms with Crippen molar-refractivity contribution in [2.45, 2.75) is 64.1 Å². The van der Waals surface area contributed by atoms with Crippen LogP contribution in [0.15, 0.2) is 30.6 Å². The van der Waals surface area contributed by atoms with Gasteiger partial charge < -0.3 is 5.32 Å². The molecule has 1 aromatic carbocycles. The number of hydrogen-bond acceptors (Lipinski definition) is 4. The molecule has 6 nitrogen and oxygen atoms in total. The van der Waals surface area contributed by atoms with Crippen LogP contribution >= 0.6 is 0 Å². The lowest BCUT2D eigenvalue weighted by molar-refractivity contribution is 0.323. The van der Waals surface area contributed by atoms with Gasteiger partial charge in [-0.2, -0.15) is 5.10 Å². The Labute approximate surface area is 166 Å². The fourth-order valence-corrected chi connectivity index (χ4v) is 4.84. The zero-order valence-corrected chi connectivity index (χ0v) is 16.7. The molecule has 0 saturated heterocycles. The first-order chi connectivity index (χ1) is 13.7. The molecule has 3 heterocycles. The van der Waals surface area contributed by atoms with E-state index in [1.807, 2.05) is 17.9 Å². The van der Waals surface area contributed by atoms with Gasteiger partial charge in [-0.3, -0.25) is 4.68 Å². The maximum Gasteiger partial charge on any atom is 0.0918 e. The number of nitrogens with one attached hydrogen (secondary N) is 1. The van der Waals surface area contributed by atoms with Crippen molar-refractivity contribution in [3.8, 4) is 22.4 Å². The Morgan fingerprint density at radius 1 is 1.07 bits per heavy atom. The van der Waals surface area contributed by atoms with Gasteiger partial charge in [-0.05, 0) is 43.4 Å². The van der Waals surface area contributed by atoms with E-state index in [1.165, 1.54) is 54.5 Å². The largest absolute Gasteiger partial charge is 0.307 e. The van der Waals surface area contributed by atoms with Crippen LogP contribution in [0.2, 0.25) is 0 Å². The van der Waals surface area contributed by atoms with E-state index in [0.717, 1.165) is 24.2 Å². The van der Waals surface area contributed by atoms with Crippen molar-refractivity contribution in [3.05, 3.63) is 41.9 Å². The molecule has 2 aromatic heterocycles. The van der Waals surface area contributed by atoms with Crippen molar-refractivity contribution in [1.82, 2.24) is 30.1 Å². The molecule has 1 aliphatic heterocycles. The second kappa shape index (κ2) is 7.17. The molecule has 6 heteroatoms. The van der Waals surface area contributed by atoms with E-state index in [1.54, 1.807) is 0 Å². The first-order valence-corrected chi connectivity index (χ1v) is 10.5. The molecule has 0 bridgehead atoms. The molecule has 0 spiro atoms. The molecule has 0 radical (unpaired) electrons. The summed E-state index contributed by atoms with van der Waals surface area (Å²) in [6, 6.07) is 7.78. The molecule has 1 atom stereocenters. The summed E-state index contributed by atoms with van der Waals surface area (Å²) in [4.78, 5) is 0. The second-order valence-corrected chi connectivity index (χ2v) is 8.29. The Morgan fingerprint density at radius 3 is 2.71 bits per heavy atom. The summed E-state index contributed by atoms with van der Waals surface area (Å²) in [5.74, 6) is 0. The summed E-state index contributed by atoms with van der Waals surface area (Å²) < 4.78 is 3.95. The standard InChI is InChI=1S/C22H28N6/c1-15-22-19-9-8-16(17-13-23-27(2)14-17)12-20(19)21(10-11-28(22)26-25-15)24-18-6-4-3-5-7-18/h8-9,12-14,18,21,24H,3-7,10-11H2,1-2H3. The van der Waals surface area contributed by atoms with E-state index in [0.29, 0.717) is 12.1 Å². The Hall–Kier alpha value is -2.47. The van der Waals surface area contributed by atoms with Crippen LogP contribution in [0.1, 0.15) is 55.8 Å². The van der Waals surface area contributed by atoms with E-state index < -0.39 is 0 Å². The average molecular weight is 377 g/mol. The van der Waals surface area contributed by atoms with Crippen LogP contribution in [-0.2, 0) is 13.6 Å². The van der Waals surface area contributed by atoms with Crippen LogP contribution in [0.4, 0.5) is 0 Å². The summed E-state index contributed by atoms with van der Waals surface area (Å²) in [5.41, 5.74) is 7.20. The summed E-state index contributed by atoms with van der Waals surface area (Å²) in [6.45, 7) is 2.96. The Kier molecular flexibility index (Phi) is 4.51. The first kappa shape index (κ1) is 17.6. The van der Waals surface area contributed by atoms with Gasteiger partial charge in [-0.25, -0.2) is 4.68 Å². The van der Waals surface area contributed by atoms with E-state index in [4.69, 9.17) is 0 Å². The highest BCUT2D eigenvalue weighted by Gasteiger charge is 2.27. The van der Waals surface area contributed by atoms with Gasteiger partial charge in [-0.15, -0.1) is 5.10 Å². The van der Waals surface area contributed by atoms with Crippen molar-refractivity contribution in [1.29, 1.82) is 0 Å².